The van der Waals surface area contributed by atoms with Crippen LogP contribution in [0.5, 0.6) is 0 Å². The van der Waals surface area contributed by atoms with E-state index in [1.165, 1.54) is 16.7 Å². The monoisotopic (exact) mass is 700 g/mol. The topological polar surface area (TPSA) is 20.2 Å². The van der Waals surface area contributed by atoms with Crippen LogP contribution in [0.4, 0.5) is 0 Å². The van der Waals surface area contributed by atoms with Crippen molar-refractivity contribution >= 4 is 11.6 Å². The van der Waals surface area contributed by atoms with Gasteiger partial charge in [-0.1, -0.05) is 181 Å². The van der Waals surface area contributed by atoms with E-state index in [0.717, 1.165) is 79.6 Å². The van der Waals surface area contributed by atoms with Crippen molar-refractivity contribution in [2.75, 3.05) is 0 Å². The van der Waals surface area contributed by atoms with Crippen LogP contribution in [0.25, 0.3) is 55.6 Å². The Labute approximate surface area is 316 Å². The summed E-state index contributed by atoms with van der Waals surface area (Å²) in [5, 5.41) is 14.6. The predicted octanol–water partition coefficient (Wildman–Crippen LogP) is 13.1. The van der Waals surface area contributed by atoms with Gasteiger partial charge in [0.05, 0.1) is 0 Å². The number of aliphatic hydroxyl groups is 1. The fourth-order valence-electron chi connectivity index (χ4n) is 8.19. The van der Waals surface area contributed by atoms with Crippen molar-refractivity contribution in [2.45, 2.75) is 18.4 Å². The summed E-state index contributed by atoms with van der Waals surface area (Å²) in [6, 6.07) is 67.7. The lowest BCUT2D eigenvalue weighted by Gasteiger charge is -2.34. The molecule has 254 valence electrons. The van der Waals surface area contributed by atoms with E-state index in [1.807, 2.05) is 42.5 Å². The predicted molar refractivity (Wildman–Crippen MR) is 221 cm³/mol. The molecule has 0 aliphatic heterocycles. The molecule has 9 rings (SSSR count). The molecule has 2 heteroatoms. The number of rotatable bonds is 6. The second kappa shape index (κ2) is 13.9. The summed E-state index contributed by atoms with van der Waals surface area (Å²) >= 11 is 6.91. The first-order valence-electron chi connectivity index (χ1n) is 18.2. The molecular formula is C51H37ClO. The van der Waals surface area contributed by atoms with Crippen molar-refractivity contribution in [3.8, 4) is 55.6 Å². The van der Waals surface area contributed by atoms with Gasteiger partial charge in [-0.15, -0.1) is 0 Å². The number of halogens is 1. The maximum absolute atomic E-state index is 13.9. The Balaban J connectivity index is 1.28. The summed E-state index contributed by atoms with van der Waals surface area (Å²) in [5.41, 5.74) is 14.3. The minimum absolute atomic E-state index is 0.649. The van der Waals surface area contributed by atoms with Crippen LogP contribution < -0.4 is 0 Å². The molecule has 1 atom stereocenters. The zero-order chi connectivity index (χ0) is 35.8. The lowest BCUT2D eigenvalue weighted by Crippen LogP contribution is -2.31. The fourth-order valence-corrected chi connectivity index (χ4v) is 8.43. The van der Waals surface area contributed by atoms with Crippen LogP contribution in [0.15, 0.2) is 194 Å². The second-order valence-electron chi connectivity index (χ2n) is 13.8. The molecule has 0 saturated carbocycles. The second-order valence-corrected chi connectivity index (χ2v) is 14.2. The van der Waals surface area contributed by atoms with Gasteiger partial charge in [-0.05, 0) is 109 Å². The van der Waals surface area contributed by atoms with E-state index in [1.54, 1.807) is 0 Å². The highest BCUT2D eigenvalue weighted by atomic mass is 35.5. The van der Waals surface area contributed by atoms with Crippen molar-refractivity contribution in [3.63, 3.8) is 0 Å². The number of hydrogen-bond acceptors (Lipinski definition) is 1. The van der Waals surface area contributed by atoms with Crippen molar-refractivity contribution < 1.29 is 5.11 Å². The largest absolute Gasteiger partial charge is 0.376 e. The molecule has 0 radical (unpaired) electrons. The zero-order valence-corrected chi connectivity index (χ0v) is 30.0. The van der Waals surface area contributed by atoms with Crippen LogP contribution >= 0.6 is 11.6 Å². The first-order chi connectivity index (χ1) is 26.1. The van der Waals surface area contributed by atoms with Crippen LogP contribution in [-0.4, -0.2) is 5.11 Å². The van der Waals surface area contributed by atoms with E-state index in [0.29, 0.717) is 5.02 Å². The molecule has 0 aromatic heterocycles. The Kier molecular flexibility index (Phi) is 8.60. The number of aryl methyl sites for hydroxylation is 1. The van der Waals surface area contributed by atoms with E-state index >= 15 is 0 Å². The average molecular weight is 701 g/mol. The van der Waals surface area contributed by atoms with Gasteiger partial charge in [0.15, 0.2) is 0 Å². The maximum Gasteiger partial charge on any atom is 0.141 e. The van der Waals surface area contributed by atoms with Crippen molar-refractivity contribution in [2.24, 2.45) is 0 Å². The SMILES string of the molecule is OC1(c2ccccc2-c2ccccc2Cl)c2cc(-c3cccc(-c4ccccc4)c3)ccc2CCc2c(-c3cccc(-c4ccccc4)c3)cccc21. The minimum Gasteiger partial charge on any atom is -0.376 e. The van der Waals surface area contributed by atoms with E-state index in [2.05, 4.69) is 152 Å². The van der Waals surface area contributed by atoms with Crippen LogP contribution in [-0.2, 0) is 18.4 Å². The van der Waals surface area contributed by atoms with Gasteiger partial charge in [-0.25, -0.2) is 0 Å². The molecule has 0 heterocycles. The van der Waals surface area contributed by atoms with E-state index < -0.39 is 5.60 Å². The molecule has 8 aromatic carbocycles. The normalized spacial score (nSPS) is 14.9. The highest BCUT2D eigenvalue weighted by molar-refractivity contribution is 6.33. The standard InChI is InChI=1S/C51H37ClO/c52-50-27-10-8-23-46(50)44-22-7-9-25-47(44)51(53)48-26-13-24-43(42-21-12-19-39(33-42)36-16-5-2-6-17-36)45(48)31-30-37-28-29-41(34-49(37)51)40-20-11-18-38(32-40)35-14-3-1-4-15-35/h1-29,32-34,53H,30-31H2. The number of fused-ring (bicyclic) bond motifs is 2. The lowest BCUT2D eigenvalue weighted by atomic mass is 9.74. The molecular weight excluding hydrogens is 664 g/mol. The summed E-state index contributed by atoms with van der Waals surface area (Å²) in [4.78, 5) is 0. The molecule has 0 amide bonds. The zero-order valence-electron chi connectivity index (χ0n) is 29.2. The van der Waals surface area contributed by atoms with Crippen LogP contribution in [0.1, 0.15) is 27.8 Å². The Hall–Kier alpha value is -5.99. The lowest BCUT2D eigenvalue weighted by molar-refractivity contribution is 0.125. The summed E-state index contributed by atoms with van der Waals surface area (Å²) in [7, 11) is 0. The Morgan fingerprint density at radius 2 is 0.849 bits per heavy atom. The van der Waals surface area contributed by atoms with Crippen LogP contribution in [0.3, 0.4) is 0 Å². The van der Waals surface area contributed by atoms with Gasteiger partial charge in [-0.3, -0.25) is 0 Å². The van der Waals surface area contributed by atoms with Crippen molar-refractivity contribution in [1.29, 1.82) is 0 Å². The van der Waals surface area contributed by atoms with Gasteiger partial charge in [-0.2, -0.15) is 0 Å². The van der Waals surface area contributed by atoms with E-state index in [4.69, 9.17) is 11.6 Å². The Morgan fingerprint density at radius 1 is 0.358 bits per heavy atom. The third kappa shape index (κ3) is 5.99. The summed E-state index contributed by atoms with van der Waals surface area (Å²) in [5.74, 6) is 0. The molecule has 1 N–H and O–H groups in total. The van der Waals surface area contributed by atoms with Gasteiger partial charge >= 0.3 is 0 Å². The molecule has 0 spiro atoms. The first kappa shape index (κ1) is 32.9. The van der Waals surface area contributed by atoms with Crippen LogP contribution in [0.2, 0.25) is 5.02 Å². The quantitative estimate of drug-likeness (QED) is 0.183. The molecule has 1 nitrogen and oxygen atoms in total. The third-order valence-corrected chi connectivity index (χ3v) is 11.1. The molecule has 0 fully saturated rings. The highest BCUT2D eigenvalue weighted by Gasteiger charge is 2.41. The van der Waals surface area contributed by atoms with E-state index in [9.17, 15) is 5.11 Å². The minimum atomic E-state index is -1.49. The van der Waals surface area contributed by atoms with Crippen molar-refractivity contribution in [1.82, 2.24) is 0 Å². The first-order valence-corrected chi connectivity index (χ1v) is 18.6. The molecule has 0 bridgehead atoms. The molecule has 1 aliphatic rings. The molecule has 53 heavy (non-hydrogen) atoms. The van der Waals surface area contributed by atoms with Crippen LogP contribution in [0, 0.1) is 0 Å². The van der Waals surface area contributed by atoms with E-state index in [-0.39, 0.29) is 0 Å². The number of hydrogen-bond donors (Lipinski definition) is 1. The molecule has 1 unspecified atom stereocenters. The van der Waals surface area contributed by atoms with Gasteiger partial charge in [0.25, 0.3) is 0 Å². The number of benzene rings is 8. The summed E-state index contributed by atoms with van der Waals surface area (Å²) < 4.78 is 0. The fraction of sp³-hybridized carbons (Fsp3) is 0.0588. The maximum atomic E-state index is 13.9. The molecule has 1 aliphatic carbocycles. The third-order valence-electron chi connectivity index (χ3n) is 10.8. The average Bonchev–Trinajstić information content (AvgIpc) is 3.36. The van der Waals surface area contributed by atoms with Gasteiger partial charge in [0, 0.05) is 16.1 Å². The highest BCUT2D eigenvalue weighted by Crippen LogP contribution is 2.49. The molecule has 8 aromatic rings. The molecule has 0 saturated heterocycles. The Morgan fingerprint density at radius 3 is 1.55 bits per heavy atom. The Bertz CT molecular complexity index is 2590. The van der Waals surface area contributed by atoms with Crippen molar-refractivity contribution in [3.05, 3.63) is 227 Å². The summed E-state index contributed by atoms with van der Waals surface area (Å²) in [6.07, 6.45) is 1.58. The smallest absolute Gasteiger partial charge is 0.141 e. The van der Waals surface area contributed by atoms with Gasteiger partial charge < -0.3 is 5.11 Å². The van der Waals surface area contributed by atoms with Gasteiger partial charge in [0.1, 0.15) is 5.60 Å². The summed E-state index contributed by atoms with van der Waals surface area (Å²) in [6.45, 7) is 0. The van der Waals surface area contributed by atoms with Gasteiger partial charge in [0.2, 0.25) is 0 Å².